The van der Waals surface area contributed by atoms with Gasteiger partial charge in [-0.15, -0.1) is 0 Å². The molecule has 176 valence electrons. The normalized spacial score (nSPS) is 22.1. The third-order valence-corrected chi connectivity index (χ3v) is 6.25. The van der Waals surface area contributed by atoms with E-state index in [1.165, 1.54) is 0 Å². The number of aliphatic carboxylic acids is 1. The first-order valence-electron chi connectivity index (χ1n) is 11.3. The molecule has 2 N–H and O–H groups in total. The number of hydrogen-bond donors (Lipinski definition) is 2. The Morgan fingerprint density at radius 2 is 1.79 bits per heavy atom. The van der Waals surface area contributed by atoms with Crippen LogP contribution in [-0.4, -0.2) is 61.8 Å². The second-order valence-electron chi connectivity index (χ2n) is 8.37. The van der Waals surface area contributed by atoms with Gasteiger partial charge in [-0.25, -0.2) is 0 Å². The number of hydrogen-bond acceptors (Lipinski definition) is 6. The maximum absolute atomic E-state index is 12.6. The summed E-state index contributed by atoms with van der Waals surface area (Å²) in [7, 11) is 1.59. The molecule has 2 aromatic carbocycles. The van der Waals surface area contributed by atoms with Crippen LogP contribution in [0.15, 0.2) is 42.5 Å². The van der Waals surface area contributed by atoms with Gasteiger partial charge in [-0.2, -0.15) is 0 Å². The lowest BCUT2D eigenvalue weighted by atomic mass is 9.82. The first-order chi connectivity index (χ1) is 16.0. The molecular formula is C25H30N2O6. The predicted molar refractivity (Wildman–Crippen MR) is 122 cm³/mol. The summed E-state index contributed by atoms with van der Waals surface area (Å²) in [5.74, 6) is -0.0709. The van der Waals surface area contributed by atoms with Gasteiger partial charge in [0, 0.05) is 25.0 Å². The molecule has 0 aliphatic carbocycles. The van der Waals surface area contributed by atoms with Gasteiger partial charge in [0.25, 0.3) is 0 Å². The predicted octanol–water partition coefficient (Wildman–Crippen LogP) is 2.83. The highest BCUT2D eigenvalue weighted by molar-refractivity contribution is 5.79. The topological polar surface area (TPSA) is 97.3 Å². The van der Waals surface area contributed by atoms with Crippen LogP contribution in [0.2, 0.25) is 0 Å². The monoisotopic (exact) mass is 454 g/mol. The van der Waals surface area contributed by atoms with E-state index in [1.54, 1.807) is 7.11 Å². The number of benzene rings is 2. The fourth-order valence-corrected chi connectivity index (χ4v) is 4.72. The van der Waals surface area contributed by atoms with Crippen LogP contribution in [0.5, 0.6) is 17.2 Å². The lowest BCUT2D eigenvalue weighted by Gasteiger charge is -2.27. The van der Waals surface area contributed by atoms with Gasteiger partial charge < -0.3 is 24.6 Å². The van der Waals surface area contributed by atoms with Crippen molar-refractivity contribution in [1.82, 2.24) is 10.2 Å². The Morgan fingerprint density at radius 1 is 1.09 bits per heavy atom. The standard InChI is InChI=1S/C25H30N2O6/c1-3-10-26-22(28)15-27-14-19(17-6-9-20-21(13-17)33-12-11-32-20)23(25(29)30)24(27)16-4-7-18(31-2)8-5-16/h4-9,13,19,23-24H,3,10-12,14-15H2,1-2H3,(H,26,28)(H,29,30)/t19?,23-,24+/m0/s1. The molecule has 1 fully saturated rings. The number of likely N-dealkylation sites (tertiary alicyclic amines) is 1. The molecule has 0 bridgehead atoms. The molecule has 1 amide bonds. The number of carboxylic acid groups (broad SMARTS) is 1. The van der Waals surface area contributed by atoms with E-state index in [0.29, 0.717) is 43.6 Å². The molecule has 2 heterocycles. The summed E-state index contributed by atoms with van der Waals surface area (Å²) < 4.78 is 16.6. The molecule has 2 aromatic rings. The highest BCUT2D eigenvalue weighted by Gasteiger charge is 2.48. The van der Waals surface area contributed by atoms with Crippen molar-refractivity contribution in [3.63, 3.8) is 0 Å². The Labute approximate surface area is 193 Å². The first kappa shape index (κ1) is 22.9. The van der Waals surface area contributed by atoms with E-state index in [2.05, 4.69) is 5.32 Å². The summed E-state index contributed by atoms with van der Waals surface area (Å²) in [5.41, 5.74) is 1.70. The Balaban J connectivity index is 1.69. The molecule has 8 nitrogen and oxygen atoms in total. The summed E-state index contributed by atoms with van der Waals surface area (Å²) in [5, 5.41) is 13.2. The number of carbonyl (C=O) groups excluding carboxylic acids is 1. The number of nitrogens with one attached hydrogen (secondary N) is 1. The van der Waals surface area contributed by atoms with Crippen LogP contribution in [0.3, 0.4) is 0 Å². The summed E-state index contributed by atoms with van der Waals surface area (Å²) >= 11 is 0. The quantitative estimate of drug-likeness (QED) is 0.633. The number of methoxy groups -OCH3 is 1. The zero-order valence-electron chi connectivity index (χ0n) is 19.0. The van der Waals surface area contributed by atoms with Gasteiger partial charge in [0.15, 0.2) is 11.5 Å². The van der Waals surface area contributed by atoms with E-state index < -0.39 is 17.9 Å². The average molecular weight is 455 g/mol. The second-order valence-corrected chi connectivity index (χ2v) is 8.37. The zero-order chi connectivity index (χ0) is 23.4. The maximum Gasteiger partial charge on any atom is 0.309 e. The minimum atomic E-state index is -0.896. The van der Waals surface area contributed by atoms with Crippen molar-refractivity contribution in [2.24, 2.45) is 5.92 Å². The van der Waals surface area contributed by atoms with E-state index >= 15 is 0 Å². The molecule has 8 heteroatoms. The van der Waals surface area contributed by atoms with Crippen molar-refractivity contribution in [1.29, 1.82) is 0 Å². The smallest absolute Gasteiger partial charge is 0.309 e. The minimum Gasteiger partial charge on any atom is -0.497 e. The van der Waals surface area contributed by atoms with Gasteiger partial charge in [0.1, 0.15) is 19.0 Å². The van der Waals surface area contributed by atoms with Crippen LogP contribution in [0, 0.1) is 5.92 Å². The number of rotatable bonds is 8. The van der Waals surface area contributed by atoms with Gasteiger partial charge in [-0.05, 0) is 41.8 Å². The number of carboxylic acids is 1. The summed E-state index contributed by atoms with van der Waals surface area (Å²) in [4.78, 5) is 27.1. The van der Waals surface area contributed by atoms with Crippen LogP contribution < -0.4 is 19.5 Å². The Bertz CT molecular complexity index is 993. The van der Waals surface area contributed by atoms with E-state index in [0.717, 1.165) is 17.5 Å². The maximum atomic E-state index is 12.6. The lowest BCUT2D eigenvalue weighted by molar-refractivity contribution is -0.143. The van der Waals surface area contributed by atoms with Crippen LogP contribution in [0.25, 0.3) is 0 Å². The van der Waals surface area contributed by atoms with E-state index in [1.807, 2.05) is 54.3 Å². The Kier molecular flexibility index (Phi) is 7.03. The first-order valence-corrected chi connectivity index (χ1v) is 11.3. The van der Waals surface area contributed by atoms with E-state index in [9.17, 15) is 14.7 Å². The van der Waals surface area contributed by atoms with Gasteiger partial charge in [0.2, 0.25) is 5.91 Å². The third-order valence-electron chi connectivity index (χ3n) is 6.25. The van der Waals surface area contributed by atoms with Crippen molar-refractivity contribution in [3.8, 4) is 17.2 Å². The van der Waals surface area contributed by atoms with Crippen molar-refractivity contribution in [3.05, 3.63) is 53.6 Å². The molecule has 1 unspecified atom stereocenters. The van der Waals surface area contributed by atoms with Gasteiger partial charge >= 0.3 is 5.97 Å². The zero-order valence-corrected chi connectivity index (χ0v) is 19.0. The second kappa shape index (κ2) is 10.1. The van der Waals surface area contributed by atoms with Crippen LogP contribution in [-0.2, 0) is 9.59 Å². The van der Waals surface area contributed by atoms with Crippen molar-refractivity contribution < 1.29 is 28.9 Å². The molecule has 3 atom stereocenters. The van der Waals surface area contributed by atoms with Crippen molar-refractivity contribution in [2.75, 3.05) is 40.0 Å². The SMILES string of the molecule is CCCNC(=O)CN1CC(c2ccc3c(c2)OCCO3)[C@H](C(=O)O)[C@H]1c1ccc(OC)cc1. The van der Waals surface area contributed by atoms with Gasteiger partial charge in [-0.1, -0.05) is 25.1 Å². The fraction of sp³-hybridized carbons (Fsp3) is 0.440. The summed E-state index contributed by atoms with van der Waals surface area (Å²) in [6, 6.07) is 12.6. The number of carbonyl (C=O) groups is 2. The number of nitrogens with zero attached hydrogens (tertiary/aromatic N) is 1. The minimum absolute atomic E-state index is 0.109. The molecule has 0 saturated carbocycles. The molecule has 0 aromatic heterocycles. The number of amides is 1. The van der Waals surface area contributed by atoms with Gasteiger partial charge in [0.05, 0.1) is 19.6 Å². The van der Waals surface area contributed by atoms with E-state index in [4.69, 9.17) is 14.2 Å². The third kappa shape index (κ3) is 4.90. The molecule has 2 aliphatic heterocycles. The van der Waals surface area contributed by atoms with Crippen LogP contribution >= 0.6 is 0 Å². The molecule has 0 spiro atoms. The molecular weight excluding hydrogens is 424 g/mol. The summed E-state index contributed by atoms with van der Waals surface area (Å²) in [6.07, 6.45) is 0.839. The molecule has 33 heavy (non-hydrogen) atoms. The molecule has 4 rings (SSSR count). The largest absolute Gasteiger partial charge is 0.497 e. The average Bonchev–Trinajstić information content (AvgIpc) is 3.21. The molecule has 0 radical (unpaired) electrons. The number of ether oxygens (including phenoxy) is 3. The van der Waals surface area contributed by atoms with Crippen LogP contribution in [0.4, 0.5) is 0 Å². The highest BCUT2D eigenvalue weighted by Crippen LogP contribution is 2.47. The fourth-order valence-electron chi connectivity index (χ4n) is 4.72. The Morgan fingerprint density at radius 3 is 2.45 bits per heavy atom. The lowest BCUT2D eigenvalue weighted by Crippen LogP contribution is -2.38. The highest BCUT2D eigenvalue weighted by atomic mass is 16.6. The number of fused-ring (bicyclic) bond motifs is 1. The molecule has 2 aliphatic rings. The Hall–Kier alpha value is -3.26. The van der Waals surface area contributed by atoms with Crippen LogP contribution in [0.1, 0.15) is 36.4 Å². The van der Waals surface area contributed by atoms with Crippen molar-refractivity contribution >= 4 is 11.9 Å². The van der Waals surface area contributed by atoms with E-state index in [-0.39, 0.29) is 18.4 Å². The van der Waals surface area contributed by atoms with Crippen molar-refractivity contribution in [2.45, 2.75) is 25.3 Å². The van der Waals surface area contributed by atoms with Gasteiger partial charge in [-0.3, -0.25) is 14.5 Å². The summed E-state index contributed by atoms with van der Waals surface area (Å²) in [6.45, 7) is 4.10. The molecule has 1 saturated heterocycles.